The highest BCUT2D eigenvalue weighted by Crippen LogP contribution is 2.38. The first-order valence-electron chi connectivity index (χ1n) is 7.74. The molecule has 0 aliphatic rings. The van der Waals surface area contributed by atoms with E-state index in [0.717, 1.165) is 4.88 Å². The summed E-state index contributed by atoms with van der Waals surface area (Å²) in [6.45, 7) is 1.01. The van der Waals surface area contributed by atoms with E-state index in [0.29, 0.717) is 16.1 Å². The highest BCUT2D eigenvalue weighted by molar-refractivity contribution is 7.17. The Bertz CT molecular complexity index is 930. The van der Waals surface area contributed by atoms with Gasteiger partial charge in [0, 0.05) is 28.3 Å². The van der Waals surface area contributed by atoms with Crippen LogP contribution >= 0.6 is 22.7 Å². The maximum absolute atomic E-state index is 12.6. The number of amides is 1. The molecule has 0 spiro atoms. The molecule has 0 aliphatic heterocycles. The van der Waals surface area contributed by atoms with Gasteiger partial charge in [-0.3, -0.25) is 9.59 Å². The molecule has 2 heterocycles. The van der Waals surface area contributed by atoms with Gasteiger partial charge in [0.1, 0.15) is 10.6 Å². The van der Waals surface area contributed by atoms with Crippen LogP contribution in [0.3, 0.4) is 0 Å². The lowest BCUT2D eigenvalue weighted by Gasteiger charge is -2.08. The molecule has 0 unspecified atom stereocenters. The number of nitrogens with one attached hydrogen (secondary N) is 1. The monoisotopic (exact) mass is 385 g/mol. The van der Waals surface area contributed by atoms with Gasteiger partial charge in [-0.05, 0) is 11.4 Å². The van der Waals surface area contributed by atoms with Gasteiger partial charge >= 0.3 is 5.97 Å². The molecule has 132 valence electrons. The number of carbonyl (C=O) groups is 3. The third-order valence-corrected chi connectivity index (χ3v) is 5.30. The predicted molar refractivity (Wildman–Crippen MR) is 103 cm³/mol. The summed E-state index contributed by atoms with van der Waals surface area (Å²) in [6.07, 6.45) is 0. The molecule has 5 nitrogen and oxygen atoms in total. The lowest BCUT2D eigenvalue weighted by atomic mass is 10.1. The number of benzene rings is 1. The molecule has 0 aliphatic carbocycles. The fourth-order valence-corrected chi connectivity index (χ4v) is 4.15. The largest absolute Gasteiger partial charge is 0.454 e. The number of ether oxygens (including phenoxy) is 1. The Hall–Kier alpha value is -2.77. The highest BCUT2D eigenvalue weighted by Gasteiger charge is 2.23. The van der Waals surface area contributed by atoms with Crippen molar-refractivity contribution in [2.45, 2.75) is 6.92 Å². The smallest absolute Gasteiger partial charge is 0.342 e. The van der Waals surface area contributed by atoms with Crippen LogP contribution in [0.5, 0.6) is 0 Å². The van der Waals surface area contributed by atoms with Gasteiger partial charge in [-0.15, -0.1) is 22.7 Å². The third-order valence-electron chi connectivity index (χ3n) is 3.50. The number of hydrogen-bond donors (Lipinski definition) is 1. The normalized spacial score (nSPS) is 10.3. The number of ketones is 1. The lowest BCUT2D eigenvalue weighted by molar-refractivity contribution is -0.114. The zero-order valence-electron chi connectivity index (χ0n) is 13.9. The van der Waals surface area contributed by atoms with Gasteiger partial charge in [0.25, 0.3) is 0 Å². The van der Waals surface area contributed by atoms with Crippen LogP contribution in [-0.2, 0) is 9.53 Å². The number of anilines is 1. The van der Waals surface area contributed by atoms with Gasteiger partial charge in [-0.25, -0.2) is 4.79 Å². The maximum Gasteiger partial charge on any atom is 0.342 e. The molecule has 2 aromatic heterocycles. The molecule has 0 atom stereocenters. The van der Waals surface area contributed by atoms with Crippen LogP contribution in [0.4, 0.5) is 5.00 Å². The SMILES string of the molecule is CC(=O)Nc1scc(-c2cccs2)c1C(=O)OCC(=O)c1ccccc1. The number of thiophene rings is 2. The van der Waals surface area contributed by atoms with Gasteiger partial charge in [0.15, 0.2) is 12.4 Å². The molecule has 1 N–H and O–H groups in total. The van der Waals surface area contributed by atoms with Crippen LogP contribution in [0.25, 0.3) is 10.4 Å². The molecule has 0 saturated heterocycles. The second kappa shape index (κ2) is 8.07. The molecule has 26 heavy (non-hydrogen) atoms. The van der Waals surface area contributed by atoms with E-state index in [9.17, 15) is 14.4 Å². The second-order valence-corrected chi connectivity index (χ2v) is 7.20. The minimum absolute atomic E-state index is 0.272. The van der Waals surface area contributed by atoms with Crippen molar-refractivity contribution in [1.29, 1.82) is 0 Å². The summed E-state index contributed by atoms with van der Waals surface area (Å²) in [4.78, 5) is 37.1. The van der Waals surface area contributed by atoms with Gasteiger partial charge in [0.05, 0.1) is 0 Å². The molecular weight excluding hydrogens is 370 g/mol. The van der Waals surface area contributed by atoms with Crippen molar-refractivity contribution in [3.8, 4) is 10.4 Å². The van der Waals surface area contributed by atoms with Crippen LogP contribution in [0.1, 0.15) is 27.6 Å². The van der Waals surface area contributed by atoms with E-state index in [2.05, 4.69) is 5.32 Å². The third kappa shape index (κ3) is 4.07. The van der Waals surface area contributed by atoms with Crippen molar-refractivity contribution in [2.24, 2.45) is 0 Å². The summed E-state index contributed by atoms with van der Waals surface area (Å²) >= 11 is 2.73. The Morgan fingerprint density at radius 3 is 2.46 bits per heavy atom. The van der Waals surface area contributed by atoms with E-state index < -0.39 is 5.97 Å². The zero-order valence-corrected chi connectivity index (χ0v) is 15.5. The van der Waals surface area contributed by atoms with Crippen LogP contribution in [0.2, 0.25) is 0 Å². The maximum atomic E-state index is 12.6. The number of Topliss-reactive ketones (excluding diaryl/α,β-unsaturated/α-hetero) is 1. The molecule has 3 rings (SSSR count). The minimum atomic E-state index is -0.636. The first-order valence-corrected chi connectivity index (χ1v) is 9.50. The molecule has 1 aromatic carbocycles. The fourth-order valence-electron chi connectivity index (χ4n) is 2.34. The predicted octanol–water partition coefficient (Wildman–Crippen LogP) is 4.47. The Morgan fingerprint density at radius 2 is 1.81 bits per heavy atom. The highest BCUT2D eigenvalue weighted by atomic mass is 32.1. The topological polar surface area (TPSA) is 72.5 Å². The van der Waals surface area contributed by atoms with Crippen molar-refractivity contribution in [3.63, 3.8) is 0 Å². The van der Waals surface area contributed by atoms with Gasteiger partial charge in [-0.2, -0.15) is 0 Å². The van der Waals surface area contributed by atoms with Crippen LogP contribution in [0, 0.1) is 0 Å². The Kier molecular flexibility index (Phi) is 5.60. The van der Waals surface area contributed by atoms with Crippen molar-refractivity contribution in [3.05, 3.63) is 64.4 Å². The van der Waals surface area contributed by atoms with E-state index in [4.69, 9.17) is 4.74 Å². The number of carbonyl (C=O) groups excluding carboxylic acids is 3. The molecule has 0 radical (unpaired) electrons. The van der Waals surface area contributed by atoms with Gasteiger partial charge in [-0.1, -0.05) is 36.4 Å². The lowest BCUT2D eigenvalue weighted by Crippen LogP contribution is -2.16. The van der Waals surface area contributed by atoms with Crippen molar-refractivity contribution in [2.75, 3.05) is 11.9 Å². The Labute approximate surface area is 158 Å². The van der Waals surface area contributed by atoms with Crippen molar-refractivity contribution in [1.82, 2.24) is 0 Å². The molecular formula is C19H15NO4S2. The number of hydrogen-bond acceptors (Lipinski definition) is 6. The molecule has 0 saturated carbocycles. The van der Waals surface area contributed by atoms with E-state index in [1.165, 1.54) is 29.6 Å². The average molecular weight is 385 g/mol. The summed E-state index contributed by atoms with van der Waals surface area (Å²) in [5.74, 6) is -1.20. The first-order chi connectivity index (χ1) is 12.6. The first kappa shape index (κ1) is 18.0. The minimum Gasteiger partial charge on any atom is -0.454 e. The summed E-state index contributed by atoms with van der Waals surface area (Å²) in [5.41, 5.74) is 1.44. The molecule has 3 aromatic rings. The average Bonchev–Trinajstić information content (AvgIpc) is 3.29. The van der Waals surface area contributed by atoms with E-state index in [-0.39, 0.29) is 23.9 Å². The molecule has 0 bridgehead atoms. The fraction of sp³-hybridized carbons (Fsp3) is 0.105. The van der Waals surface area contributed by atoms with E-state index in [1.807, 2.05) is 17.5 Å². The molecule has 7 heteroatoms. The second-order valence-electron chi connectivity index (χ2n) is 5.38. The summed E-state index contributed by atoms with van der Waals surface area (Å²) < 4.78 is 5.24. The summed E-state index contributed by atoms with van der Waals surface area (Å²) in [5, 5.41) is 6.77. The van der Waals surface area contributed by atoms with Crippen LogP contribution in [0.15, 0.2) is 53.2 Å². The standard InChI is InChI=1S/C19H15NO4S2/c1-12(21)20-18-17(14(11-26-18)16-8-5-9-25-16)19(23)24-10-15(22)13-6-3-2-4-7-13/h2-9,11H,10H2,1H3,(H,20,21). The Morgan fingerprint density at radius 1 is 1.04 bits per heavy atom. The van der Waals surface area contributed by atoms with Crippen molar-refractivity contribution < 1.29 is 19.1 Å². The van der Waals surface area contributed by atoms with Crippen molar-refractivity contribution >= 4 is 45.3 Å². The van der Waals surface area contributed by atoms with Crippen LogP contribution in [-0.4, -0.2) is 24.3 Å². The zero-order chi connectivity index (χ0) is 18.5. The number of esters is 1. The Balaban J connectivity index is 1.82. The number of rotatable bonds is 6. The van der Waals surface area contributed by atoms with E-state index in [1.54, 1.807) is 35.7 Å². The van der Waals surface area contributed by atoms with Gasteiger partial charge in [0.2, 0.25) is 5.91 Å². The molecule has 1 amide bonds. The molecule has 0 fully saturated rings. The van der Waals surface area contributed by atoms with Gasteiger partial charge < -0.3 is 10.1 Å². The quantitative estimate of drug-likeness (QED) is 0.502. The summed E-state index contributed by atoms with van der Waals surface area (Å²) in [6, 6.07) is 12.4. The summed E-state index contributed by atoms with van der Waals surface area (Å²) in [7, 11) is 0. The van der Waals surface area contributed by atoms with E-state index >= 15 is 0 Å². The van der Waals surface area contributed by atoms with Crippen LogP contribution < -0.4 is 5.32 Å².